The van der Waals surface area contributed by atoms with Crippen LogP contribution in [-0.4, -0.2) is 11.7 Å². The molecule has 27 heavy (non-hydrogen) atoms. The summed E-state index contributed by atoms with van der Waals surface area (Å²) in [6.45, 7) is 5.99. The summed E-state index contributed by atoms with van der Waals surface area (Å²) in [7, 11) is 0. The maximum absolute atomic E-state index is 12.1. The second-order valence-corrected chi connectivity index (χ2v) is 7.60. The predicted octanol–water partition coefficient (Wildman–Crippen LogP) is 4.69. The molecule has 2 aromatic carbocycles. The lowest BCUT2D eigenvalue weighted by Gasteiger charge is -2.10. The van der Waals surface area contributed by atoms with Gasteiger partial charge in [-0.1, -0.05) is 42.0 Å². The highest BCUT2D eigenvalue weighted by atomic mass is 32.2. The van der Waals surface area contributed by atoms with Crippen LogP contribution in [0.3, 0.4) is 0 Å². The van der Waals surface area contributed by atoms with Crippen LogP contribution in [0, 0.1) is 20.8 Å². The van der Waals surface area contributed by atoms with Crippen molar-refractivity contribution in [2.75, 3.05) is 5.75 Å². The molecular formula is C22H22O4S. The van der Waals surface area contributed by atoms with E-state index in [1.54, 1.807) is 0 Å². The lowest BCUT2D eigenvalue weighted by atomic mass is 10.0. The molecule has 0 saturated carbocycles. The topological polar surface area (TPSA) is 56.5 Å². The Balaban J connectivity index is 1.61. The van der Waals surface area contributed by atoms with Gasteiger partial charge in [0.25, 0.3) is 0 Å². The van der Waals surface area contributed by atoms with Crippen molar-refractivity contribution < 1.29 is 13.9 Å². The number of rotatable bonds is 6. The van der Waals surface area contributed by atoms with Crippen molar-refractivity contribution in [2.24, 2.45) is 0 Å². The molecule has 0 amide bonds. The van der Waals surface area contributed by atoms with E-state index in [1.165, 1.54) is 29.0 Å². The maximum Gasteiger partial charge on any atom is 0.336 e. The van der Waals surface area contributed by atoms with Gasteiger partial charge in [-0.3, -0.25) is 4.79 Å². The van der Waals surface area contributed by atoms with Crippen molar-refractivity contribution in [3.8, 4) is 0 Å². The Morgan fingerprint density at radius 3 is 2.56 bits per heavy atom. The van der Waals surface area contributed by atoms with Gasteiger partial charge in [-0.25, -0.2) is 4.79 Å². The summed E-state index contributed by atoms with van der Waals surface area (Å²) in [5, 5.41) is 0.804. The minimum Gasteiger partial charge on any atom is -0.460 e. The van der Waals surface area contributed by atoms with E-state index in [0.29, 0.717) is 11.1 Å². The van der Waals surface area contributed by atoms with Gasteiger partial charge in [-0.05, 0) is 37.5 Å². The summed E-state index contributed by atoms with van der Waals surface area (Å²) in [5.74, 6) is 0.731. The molecule has 0 saturated heterocycles. The SMILES string of the molecule is Cc1ccc(CSCC(=O)OCc2cc(=O)oc3c(C)c(C)ccc23)cc1. The molecule has 0 fully saturated rings. The number of hydrogen-bond donors (Lipinski definition) is 0. The average Bonchev–Trinajstić information content (AvgIpc) is 2.65. The third-order valence-corrected chi connectivity index (χ3v) is 5.49. The molecule has 0 radical (unpaired) electrons. The molecule has 1 heterocycles. The van der Waals surface area contributed by atoms with Crippen molar-refractivity contribution in [1.29, 1.82) is 0 Å². The summed E-state index contributed by atoms with van der Waals surface area (Å²) >= 11 is 1.51. The Morgan fingerprint density at radius 1 is 1.07 bits per heavy atom. The highest BCUT2D eigenvalue weighted by molar-refractivity contribution is 7.99. The first-order valence-corrected chi connectivity index (χ1v) is 9.91. The van der Waals surface area contributed by atoms with E-state index in [2.05, 4.69) is 24.3 Å². The molecule has 5 heteroatoms. The van der Waals surface area contributed by atoms with Crippen molar-refractivity contribution in [1.82, 2.24) is 0 Å². The van der Waals surface area contributed by atoms with E-state index < -0.39 is 5.63 Å². The molecule has 0 aliphatic heterocycles. The first-order valence-electron chi connectivity index (χ1n) is 8.76. The third kappa shape index (κ3) is 4.80. The lowest BCUT2D eigenvalue weighted by Crippen LogP contribution is -2.10. The van der Waals surface area contributed by atoms with E-state index in [0.717, 1.165) is 22.3 Å². The van der Waals surface area contributed by atoms with Crippen LogP contribution in [0.2, 0.25) is 0 Å². The van der Waals surface area contributed by atoms with E-state index in [-0.39, 0.29) is 18.3 Å². The first-order chi connectivity index (χ1) is 12.9. The molecule has 1 aromatic heterocycles. The summed E-state index contributed by atoms with van der Waals surface area (Å²) in [4.78, 5) is 23.9. The third-order valence-electron chi connectivity index (χ3n) is 4.52. The van der Waals surface area contributed by atoms with Gasteiger partial charge in [-0.2, -0.15) is 0 Å². The van der Waals surface area contributed by atoms with Gasteiger partial charge in [0.1, 0.15) is 12.2 Å². The smallest absolute Gasteiger partial charge is 0.336 e. The summed E-state index contributed by atoms with van der Waals surface area (Å²) in [6, 6.07) is 13.5. The van der Waals surface area contributed by atoms with Crippen LogP contribution in [0.4, 0.5) is 0 Å². The zero-order chi connectivity index (χ0) is 19.4. The summed E-state index contributed by atoms with van der Waals surface area (Å²) in [5.41, 5.74) is 5.15. The molecular weight excluding hydrogens is 360 g/mol. The Morgan fingerprint density at radius 2 is 1.81 bits per heavy atom. The molecule has 0 bridgehead atoms. The Labute approximate surface area is 162 Å². The standard InChI is InChI=1S/C22H22O4S/c1-14-4-7-17(8-5-14)12-27-13-21(24)25-11-18-10-20(23)26-22-16(3)15(2)6-9-19(18)22/h4-10H,11-13H2,1-3H3. The molecule has 140 valence electrons. The summed E-state index contributed by atoms with van der Waals surface area (Å²) < 4.78 is 10.7. The van der Waals surface area contributed by atoms with E-state index in [9.17, 15) is 9.59 Å². The molecule has 4 nitrogen and oxygen atoms in total. The second-order valence-electron chi connectivity index (χ2n) is 6.61. The van der Waals surface area contributed by atoms with Gasteiger partial charge in [0.05, 0.1) is 5.75 Å². The molecule has 0 aliphatic carbocycles. The predicted molar refractivity (Wildman–Crippen MR) is 109 cm³/mol. The van der Waals surface area contributed by atoms with Gasteiger partial charge in [0, 0.05) is 22.8 Å². The molecule has 3 rings (SSSR count). The number of esters is 1. The second kappa shape index (κ2) is 8.44. The van der Waals surface area contributed by atoms with Crippen LogP contribution in [0.25, 0.3) is 11.0 Å². The minimum atomic E-state index is -0.434. The Bertz CT molecular complexity index is 1020. The van der Waals surface area contributed by atoms with Gasteiger partial charge in [0.2, 0.25) is 0 Å². The lowest BCUT2D eigenvalue weighted by molar-refractivity contribution is -0.141. The average molecular weight is 382 g/mol. The minimum absolute atomic E-state index is 0.0640. The summed E-state index contributed by atoms with van der Waals surface area (Å²) in [6.07, 6.45) is 0. The highest BCUT2D eigenvalue weighted by Gasteiger charge is 2.11. The van der Waals surface area contributed by atoms with Crippen LogP contribution in [0.1, 0.15) is 27.8 Å². The van der Waals surface area contributed by atoms with Crippen LogP contribution < -0.4 is 5.63 Å². The molecule has 0 aliphatic rings. The number of hydrogen-bond acceptors (Lipinski definition) is 5. The number of carbonyl (C=O) groups excluding carboxylic acids is 1. The first kappa shape index (κ1) is 19.2. The number of aryl methyl sites for hydroxylation is 3. The highest BCUT2D eigenvalue weighted by Crippen LogP contribution is 2.24. The zero-order valence-corrected chi connectivity index (χ0v) is 16.5. The van der Waals surface area contributed by atoms with Crippen LogP contribution in [0.5, 0.6) is 0 Å². The monoisotopic (exact) mass is 382 g/mol. The molecule has 0 N–H and O–H groups in total. The Hall–Kier alpha value is -2.53. The quantitative estimate of drug-likeness (QED) is 0.457. The van der Waals surface area contributed by atoms with Crippen molar-refractivity contribution >= 4 is 28.7 Å². The molecule has 3 aromatic rings. The van der Waals surface area contributed by atoms with Gasteiger partial charge in [0.15, 0.2) is 0 Å². The van der Waals surface area contributed by atoms with Gasteiger partial charge < -0.3 is 9.15 Å². The number of fused-ring (bicyclic) bond motifs is 1. The van der Waals surface area contributed by atoms with Crippen molar-refractivity contribution in [3.05, 3.63) is 80.7 Å². The van der Waals surface area contributed by atoms with Gasteiger partial charge in [-0.15, -0.1) is 11.8 Å². The number of carbonyl (C=O) groups is 1. The molecule has 0 spiro atoms. The van der Waals surface area contributed by atoms with E-state index in [1.807, 2.05) is 32.9 Å². The molecule has 0 unspecified atom stereocenters. The fraction of sp³-hybridized carbons (Fsp3) is 0.273. The fourth-order valence-electron chi connectivity index (χ4n) is 2.78. The zero-order valence-electron chi connectivity index (χ0n) is 15.7. The molecule has 0 atom stereocenters. The Kier molecular flexibility index (Phi) is 6.01. The van der Waals surface area contributed by atoms with Crippen molar-refractivity contribution in [3.63, 3.8) is 0 Å². The maximum atomic E-state index is 12.1. The number of thioether (sulfide) groups is 1. The number of benzene rings is 2. The largest absolute Gasteiger partial charge is 0.460 e. The van der Waals surface area contributed by atoms with E-state index >= 15 is 0 Å². The van der Waals surface area contributed by atoms with Crippen LogP contribution in [-0.2, 0) is 21.9 Å². The van der Waals surface area contributed by atoms with Crippen LogP contribution >= 0.6 is 11.8 Å². The van der Waals surface area contributed by atoms with E-state index in [4.69, 9.17) is 9.15 Å². The fourth-order valence-corrected chi connectivity index (χ4v) is 3.56. The van der Waals surface area contributed by atoms with Crippen LogP contribution in [0.15, 0.2) is 51.7 Å². The van der Waals surface area contributed by atoms with Crippen molar-refractivity contribution in [2.45, 2.75) is 33.1 Å². The van der Waals surface area contributed by atoms with Gasteiger partial charge >= 0.3 is 11.6 Å². The normalized spacial score (nSPS) is 10.9. The number of ether oxygens (including phenoxy) is 1.